The first-order valence-electron chi connectivity index (χ1n) is 7.16. The maximum atomic E-state index is 8.80. The van der Waals surface area contributed by atoms with E-state index in [1.807, 2.05) is 0 Å². The van der Waals surface area contributed by atoms with Gasteiger partial charge in [-0.25, -0.2) is 0 Å². The van der Waals surface area contributed by atoms with Crippen LogP contribution in [0, 0.1) is 16.7 Å². The number of ether oxygens (including phenoxy) is 1. The molecule has 0 aromatic carbocycles. The van der Waals surface area contributed by atoms with E-state index in [4.69, 9.17) is 15.7 Å². The Morgan fingerprint density at radius 1 is 1.33 bits per heavy atom. The van der Waals surface area contributed by atoms with Gasteiger partial charge in [0.25, 0.3) is 0 Å². The predicted molar refractivity (Wildman–Crippen MR) is 74.0 cm³/mol. The van der Waals surface area contributed by atoms with Gasteiger partial charge >= 0.3 is 0 Å². The van der Waals surface area contributed by atoms with E-state index in [0.29, 0.717) is 11.5 Å². The Bertz CT molecular complexity index is 281. The van der Waals surface area contributed by atoms with E-state index in [2.05, 4.69) is 19.9 Å². The molecule has 2 N–H and O–H groups in total. The average molecular weight is 252 g/mol. The molecule has 0 amide bonds. The van der Waals surface area contributed by atoms with Crippen LogP contribution < -0.4 is 5.73 Å². The van der Waals surface area contributed by atoms with Crippen LogP contribution in [0.15, 0.2) is 0 Å². The van der Waals surface area contributed by atoms with Crippen molar-refractivity contribution in [2.45, 2.75) is 77.4 Å². The van der Waals surface area contributed by atoms with Crippen molar-refractivity contribution in [1.29, 1.82) is 5.26 Å². The summed E-state index contributed by atoms with van der Waals surface area (Å²) >= 11 is 0. The molecule has 104 valence electrons. The minimum absolute atomic E-state index is 0.457. The van der Waals surface area contributed by atoms with E-state index in [-0.39, 0.29) is 0 Å². The molecule has 0 saturated heterocycles. The standard InChI is InChI=1S/C15H28N2O/c1-14(2)9-6-13(7-10-14)18-11-5-4-8-15(3,17)12-16/h13H,4-11,17H2,1-3H3. The number of rotatable bonds is 6. The lowest BCUT2D eigenvalue weighted by molar-refractivity contribution is 0.00256. The average Bonchev–Trinajstić information content (AvgIpc) is 2.30. The number of nitriles is 1. The molecule has 1 aliphatic rings. The second kappa shape index (κ2) is 6.54. The second-order valence-corrected chi connectivity index (χ2v) is 6.72. The smallest absolute Gasteiger partial charge is 0.101 e. The van der Waals surface area contributed by atoms with Crippen LogP contribution in [0.4, 0.5) is 0 Å². The third-order valence-corrected chi connectivity index (χ3v) is 3.99. The first kappa shape index (κ1) is 15.5. The van der Waals surface area contributed by atoms with Crippen LogP contribution in [0.2, 0.25) is 0 Å². The third-order valence-electron chi connectivity index (χ3n) is 3.99. The molecule has 0 bridgehead atoms. The Hall–Kier alpha value is -0.590. The van der Waals surface area contributed by atoms with Crippen molar-refractivity contribution in [1.82, 2.24) is 0 Å². The molecule has 0 radical (unpaired) electrons. The molecule has 1 rings (SSSR count). The highest BCUT2D eigenvalue weighted by atomic mass is 16.5. The lowest BCUT2D eigenvalue weighted by atomic mass is 9.76. The molecule has 3 nitrogen and oxygen atoms in total. The summed E-state index contributed by atoms with van der Waals surface area (Å²) in [7, 11) is 0. The molecular formula is C15H28N2O. The van der Waals surface area contributed by atoms with Crippen molar-refractivity contribution in [3.63, 3.8) is 0 Å². The molecule has 0 spiro atoms. The lowest BCUT2D eigenvalue weighted by Crippen LogP contribution is -2.33. The van der Waals surface area contributed by atoms with E-state index in [1.54, 1.807) is 6.92 Å². The topological polar surface area (TPSA) is 59.0 Å². The fourth-order valence-corrected chi connectivity index (χ4v) is 2.44. The Morgan fingerprint density at radius 3 is 2.50 bits per heavy atom. The molecule has 18 heavy (non-hydrogen) atoms. The summed E-state index contributed by atoms with van der Waals surface area (Å²) in [6, 6.07) is 2.13. The quantitative estimate of drug-likeness (QED) is 0.737. The molecule has 0 aliphatic heterocycles. The van der Waals surface area contributed by atoms with Gasteiger partial charge in [0.1, 0.15) is 5.54 Å². The normalized spacial score (nSPS) is 23.3. The van der Waals surface area contributed by atoms with Crippen LogP contribution in [0.1, 0.15) is 65.7 Å². The van der Waals surface area contributed by atoms with Crippen LogP contribution in [0.5, 0.6) is 0 Å². The fourth-order valence-electron chi connectivity index (χ4n) is 2.44. The van der Waals surface area contributed by atoms with Gasteiger partial charge in [-0.05, 0) is 57.3 Å². The molecule has 1 unspecified atom stereocenters. The Kier molecular flexibility index (Phi) is 5.62. The minimum Gasteiger partial charge on any atom is -0.378 e. The van der Waals surface area contributed by atoms with Gasteiger partial charge in [-0.15, -0.1) is 0 Å². The van der Waals surface area contributed by atoms with Crippen molar-refractivity contribution < 1.29 is 4.74 Å². The molecule has 1 fully saturated rings. The van der Waals surface area contributed by atoms with E-state index < -0.39 is 5.54 Å². The van der Waals surface area contributed by atoms with Crippen LogP contribution in [-0.4, -0.2) is 18.2 Å². The zero-order valence-electron chi connectivity index (χ0n) is 12.2. The van der Waals surface area contributed by atoms with E-state index in [9.17, 15) is 0 Å². The highest BCUT2D eigenvalue weighted by Crippen LogP contribution is 2.36. The summed E-state index contributed by atoms with van der Waals surface area (Å²) in [5, 5.41) is 8.80. The summed E-state index contributed by atoms with van der Waals surface area (Å²) in [4.78, 5) is 0. The van der Waals surface area contributed by atoms with E-state index in [0.717, 1.165) is 25.9 Å². The van der Waals surface area contributed by atoms with Gasteiger partial charge in [-0.1, -0.05) is 13.8 Å². The molecule has 1 aliphatic carbocycles. The maximum Gasteiger partial charge on any atom is 0.101 e. The zero-order chi connectivity index (χ0) is 13.6. The minimum atomic E-state index is -0.672. The van der Waals surface area contributed by atoms with Gasteiger partial charge in [0.2, 0.25) is 0 Å². The molecule has 1 atom stereocenters. The van der Waals surface area contributed by atoms with Gasteiger partial charge in [-0.2, -0.15) is 5.26 Å². The van der Waals surface area contributed by atoms with Crippen LogP contribution in [-0.2, 0) is 4.74 Å². The highest BCUT2D eigenvalue weighted by Gasteiger charge is 2.27. The van der Waals surface area contributed by atoms with Crippen LogP contribution in [0.3, 0.4) is 0 Å². The fraction of sp³-hybridized carbons (Fsp3) is 0.933. The van der Waals surface area contributed by atoms with E-state index >= 15 is 0 Å². The Labute approximate surface area is 112 Å². The molecule has 1 saturated carbocycles. The van der Waals surface area contributed by atoms with Gasteiger partial charge in [0, 0.05) is 6.61 Å². The van der Waals surface area contributed by atoms with Gasteiger partial charge in [0.05, 0.1) is 12.2 Å². The van der Waals surface area contributed by atoms with Crippen molar-refractivity contribution >= 4 is 0 Å². The molecular weight excluding hydrogens is 224 g/mol. The van der Waals surface area contributed by atoms with Gasteiger partial charge < -0.3 is 10.5 Å². The number of unbranched alkanes of at least 4 members (excludes halogenated alkanes) is 1. The highest BCUT2D eigenvalue weighted by molar-refractivity contribution is 5.00. The first-order valence-corrected chi connectivity index (χ1v) is 7.16. The SMILES string of the molecule is CC(N)(C#N)CCCCOC1CCC(C)(C)CC1. The van der Waals surface area contributed by atoms with Gasteiger partial charge in [-0.3, -0.25) is 0 Å². The van der Waals surface area contributed by atoms with Crippen molar-refractivity contribution in [2.24, 2.45) is 11.1 Å². The Morgan fingerprint density at radius 2 is 1.94 bits per heavy atom. The second-order valence-electron chi connectivity index (χ2n) is 6.72. The largest absolute Gasteiger partial charge is 0.378 e. The van der Waals surface area contributed by atoms with Crippen LogP contribution >= 0.6 is 0 Å². The Balaban J connectivity index is 2.04. The molecule has 0 aromatic heterocycles. The van der Waals surface area contributed by atoms with E-state index in [1.165, 1.54) is 25.7 Å². The third kappa shape index (κ3) is 5.84. The van der Waals surface area contributed by atoms with Gasteiger partial charge in [0.15, 0.2) is 0 Å². The number of nitrogens with two attached hydrogens (primary N) is 1. The number of hydrogen-bond acceptors (Lipinski definition) is 3. The summed E-state index contributed by atoms with van der Waals surface area (Å²) in [6.45, 7) is 7.28. The molecule has 0 aromatic rings. The summed E-state index contributed by atoms with van der Waals surface area (Å²) in [5.74, 6) is 0. The van der Waals surface area contributed by atoms with Crippen molar-refractivity contribution in [3.05, 3.63) is 0 Å². The predicted octanol–water partition coefficient (Wildman–Crippen LogP) is 3.38. The lowest BCUT2D eigenvalue weighted by Gasteiger charge is -2.34. The number of nitrogens with zero attached hydrogens (tertiary/aromatic N) is 1. The molecule has 3 heteroatoms. The summed E-state index contributed by atoms with van der Waals surface area (Å²) in [6.07, 6.45) is 8.12. The zero-order valence-corrected chi connectivity index (χ0v) is 12.2. The summed E-state index contributed by atoms with van der Waals surface area (Å²) < 4.78 is 5.90. The van der Waals surface area contributed by atoms with Crippen molar-refractivity contribution in [3.8, 4) is 6.07 Å². The first-order chi connectivity index (χ1) is 8.35. The number of hydrogen-bond donors (Lipinski definition) is 1. The monoisotopic (exact) mass is 252 g/mol. The maximum absolute atomic E-state index is 8.80. The summed E-state index contributed by atoms with van der Waals surface area (Å²) in [5.41, 5.74) is 5.61. The van der Waals surface area contributed by atoms with Crippen molar-refractivity contribution in [2.75, 3.05) is 6.61 Å². The molecule has 0 heterocycles. The van der Waals surface area contributed by atoms with Crippen LogP contribution in [0.25, 0.3) is 0 Å².